The molecular formula is C23H35N5O. The van der Waals surface area contributed by atoms with Gasteiger partial charge in [0.1, 0.15) is 0 Å². The van der Waals surface area contributed by atoms with Crippen LogP contribution in [-0.2, 0) is 4.79 Å². The Labute approximate surface area is 175 Å². The first-order valence-corrected chi connectivity index (χ1v) is 11.3. The lowest BCUT2D eigenvalue weighted by atomic mass is 10.1. The topological polar surface area (TPSA) is 51.2 Å². The third-order valence-electron chi connectivity index (χ3n) is 6.62. The van der Waals surface area contributed by atoms with Crippen LogP contribution in [0.15, 0.2) is 35.3 Å². The van der Waals surface area contributed by atoms with Gasteiger partial charge in [-0.25, -0.2) is 0 Å². The second-order valence-electron chi connectivity index (χ2n) is 8.65. The van der Waals surface area contributed by atoms with Crippen molar-refractivity contribution in [1.82, 2.24) is 20.0 Å². The monoisotopic (exact) mass is 397 g/mol. The zero-order chi connectivity index (χ0) is 20.1. The van der Waals surface area contributed by atoms with E-state index in [0.29, 0.717) is 24.3 Å². The van der Waals surface area contributed by atoms with Crippen molar-refractivity contribution in [2.24, 2.45) is 10.9 Å². The van der Waals surface area contributed by atoms with E-state index < -0.39 is 0 Å². The minimum absolute atomic E-state index is 0.307. The number of rotatable bonds is 5. The van der Waals surface area contributed by atoms with Gasteiger partial charge in [0.25, 0.3) is 0 Å². The van der Waals surface area contributed by atoms with Crippen molar-refractivity contribution in [3.63, 3.8) is 0 Å². The summed E-state index contributed by atoms with van der Waals surface area (Å²) in [6.45, 7) is 7.16. The van der Waals surface area contributed by atoms with Crippen molar-refractivity contribution in [1.29, 1.82) is 0 Å². The highest BCUT2D eigenvalue weighted by molar-refractivity contribution is 5.80. The van der Waals surface area contributed by atoms with Gasteiger partial charge in [0.2, 0.25) is 5.91 Å². The van der Waals surface area contributed by atoms with Gasteiger partial charge in [-0.05, 0) is 43.1 Å². The number of nitrogens with one attached hydrogen (secondary N) is 1. The van der Waals surface area contributed by atoms with Crippen LogP contribution in [0, 0.1) is 5.92 Å². The molecule has 0 spiro atoms. The smallest absolute Gasteiger partial charge is 0.236 e. The summed E-state index contributed by atoms with van der Waals surface area (Å²) >= 11 is 0. The van der Waals surface area contributed by atoms with Crippen molar-refractivity contribution < 1.29 is 4.79 Å². The fourth-order valence-corrected chi connectivity index (χ4v) is 4.69. The second-order valence-corrected chi connectivity index (χ2v) is 8.65. The molecule has 29 heavy (non-hydrogen) atoms. The number of carbonyl (C=O) groups excluding carboxylic acids is 1. The molecule has 2 heterocycles. The molecule has 1 aromatic rings. The zero-order valence-electron chi connectivity index (χ0n) is 17.7. The Morgan fingerprint density at radius 2 is 1.72 bits per heavy atom. The molecule has 0 aromatic heterocycles. The maximum absolute atomic E-state index is 12.5. The van der Waals surface area contributed by atoms with E-state index in [9.17, 15) is 4.79 Å². The largest absolute Gasteiger partial charge is 0.356 e. The van der Waals surface area contributed by atoms with E-state index in [4.69, 9.17) is 0 Å². The first-order valence-electron chi connectivity index (χ1n) is 11.3. The van der Waals surface area contributed by atoms with Crippen molar-refractivity contribution in [3.05, 3.63) is 35.9 Å². The van der Waals surface area contributed by atoms with Crippen molar-refractivity contribution in [2.45, 2.75) is 31.6 Å². The summed E-state index contributed by atoms with van der Waals surface area (Å²) in [5.74, 6) is 2.71. The molecule has 2 saturated heterocycles. The van der Waals surface area contributed by atoms with E-state index in [1.165, 1.54) is 18.4 Å². The lowest BCUT2D eigenvalue weighted by Crippen LogP contribution is -2.54. The van der Waals surface area contributed by atoms with Gasteiger partial charge >= 0.3 is 0 Å². The van der Waals surface area contributed by atoms with Gasteiger partial charge in [-0.2, -0.15) is 0 Å². The number of hydrogen-bond acceptors (Lipinski definition) is 3. The summed E-state index contributed by atoms with van der Waals surface area (Å²) in [5, 5.41) is 3.59. The average molecular weight is 398 g/mol. The van der Waals surface area contributed by atoms with Crippen LogP contribution in [0.25, 0.3) is 0 Å². The molecule has 3 fully saturated rings. The van der Waals surface area contributed by atoms with E-state index in [1.54, 1.807) is 0 Å². The Bertz CT molecular complexity index is 692. The lowest BCUT2D eigenvalue weighted by molar-refractivity contribution is -0.133. The molecule has 1 N–H and O–H groups in total. The van der Waals surface area contributed by atoms with Crippen LogP contribution in [0.5, 0.6) is 0 Å². The minimum Gasteiger partial charge on any atom is -0.356 e. The third kappa shape index (κ3) is 5.30. The number of amides is 1. The van der Waals surface area contributed by atoms with Crippen LogP contribution in [-0.4, -0.2) is 86.0 Å². The number of likely N-dealkylation sites (tertiary alicyclic amines) is 1. The van der Waals surface area contributed by atoms with Crippen molar-refractivity contribution >= 4 is 11.9 Å². The molecule has 1 saturated carbocycles. The molecule has 2 atom stereocenters. The number of piperidine rings is 1. The molecule has 3 aliphatic rings. The number of benzene rings is 1. The molecule has 2 unspecified atom stereocenters. The predicted octanol–water partition coefficient (Wildman–Crippen LogP) is 2.00. The Morgan fingerprint density at radius 1 is 1.00 bits per heavy atom. The molecule has 4 rings (SSSR count). The number of carbonyl (C=O) groups is 1. The summed E-state index contributed by atoms with van der Waals surface area (Å²) < 4.78 is 0. The Balaban J connectivity index is 1.18. The Hall–Kier alpha value is -2.08. The SMILES string of the molecule is CN=C(NCC1CC1c1ccccc1)N1CCN(CC(=O)N2CCCCC2)CC1. The standard InChI is InChI=1S/C23H35N5O/c1-24-23(25-17-20-16-21(20)19-8-4-2-5-9-19)28-14-12-26(13-15-28)18-22(29)27-10-6-3-7-11-27/h2,4-5,8-9,20-21H,3,6-7,10-18H2,1H3,(H,24,25). The van der Waals surface area contributed by atoms with Crippen molar-refractivity contribution in [2.75, 3.05) is 59.4 Å². The van der Waals surface area contributed by atoms with Crippen LogP contribution < -0.4 is 5.32 Å². The van der Waals surface area contributed by atoms with Gasteiger partial charge in [-0.15, -0.1) is 0 Å². The normalized spacial score (nSPS) is 25.8. The molecule has 6 heteroatoms. The fraction of sp³-hybridized carbons (Fsp3) is 0.652. The number of guanidine groups is 1. The quantitative estimate of drug-likeness (QED) is 0.610. The van der Waals surface area contributed by atoms with E-state index in [2.05, 4.69) is 55.3 Å². The molecule has 6 nitrogen and oxygen atoms in total. The fourth-order valence-electron chi connectivity index (χ4n) is 4.69. The predicted molar refractivity (Wildman–Crippen MR) is 117 cm³/mol. The molecule has 0 bridgehead atoms. The number of nitrogens with zero attached hydrogens (tertiary/aromatic N) is 4. The highest BCUT2D eigenvalue weighted by atomic mass is 16.2. The number of piperazine rings is 1. The van der Waals surface area contributed by atoms with Gasteiger partial charge < -0.3 is 15.1 Å². The van der Waals surface area contributed by atoms with E-state index in [0.717, 1.165) is 64.6 Å². The second kappa shape index (κ2) is 9.61. The number of hydrogen-bond donors (Lipinski definition) is 1. The molecule has 1 amide bonds. The average Bonchev–Trinajstić information content (AvgIpc) is 3.56. The summed E-state index contributed by atoms with van der Waals surface area (Å²) in [7, 11) is 1.87. The first kappa shape index (κ1) is 20.2. The molecule has 1 aromatic carbocycles. The van der Waals surface area contributed by atoms with Gasteiger partial charge in [0.15, 0.2) is 5.96 Å². The molecule has 0 radical (unpaired) electrons. The summed E-state index contributed by atoms with van der Waals surface area (Å²) in [6.07, 6.45) is 4.85. The summed E-state index contributed by atoms with van der Waals surface area (Å²) in [4.78, 5) is 23.7. The molecule has 1 aliphatic carbocycles. The minimum atomic E-state index is 0.307. The number of aliphatic imine (C=N–C) groups is 1. The van der Waals surface area contributed by atoms with Crippen LogP contribution in [0.2, 0.25) is 0 Å². The van der Waals surface area contributed by atoms with Gasteiger partial charge in [0, 0.05) is 52.9 Å². The van der Waals surface area contributed by atoms with Crippen LogP contribution in [0.4, 0.5) is 0 Å². The first-order chi connectivity index (χ1) is 14.2. The highest BCUT2D eigenvalue weighted by Crippen LogP contribution is 2.46. The zero-order valence-corrected chi connectivity index (χ0v) is 17.7. The van der Waals surface area contributed by atoms with Crippen LogP contribution in [0.1, 0.15) is 37.2 Å². The molecule has 158 valence electrons. The molecular weight excluding hydrogens is 362 g/mol. The van der Waals surface area contributed by atoms with Gasteiger partial charge in [-0.1, -0.05) is 30.3 Å². The molecule has 2 aliphatic heterocycles. The van der Waals surface area contributed by atoms with E-state index in [-0.39, 0.29) is 0 Å². The maximum atomic E-state index is 12.5. The lowest BCUT2D eigenvalue weighted by Gasteiger charge is -2.37. The van der Waals surface area contributed by atoms with Crippen molar-refractivity contribution in [3.8, 4) is 0 Å². The Morgan fingerprint density at radius 3 is 2.41 bits per heavy atom. The van der Waals surface area contributed by atoms with E-state index in [1.807, 2.05) is 7.05 Å². The van der Waals surface area contributed by atoms with Gasteiger partial charge in [0.05, 0.1) is 6.54 Å². The highest BCUT2D eigenvalue weighted by Gasteiger charge is 2.38. The maximum Gasteiger partial charge on any atom is 0.236 e. The van der Waals surface area contributed by atoms with Crippen LogP contribution in [0.3, 0.4) is 0 Å². The summed E-state index contributed by atoms with van der Waals surface area (Å²) in [5.41, 5.74) is 1.46. The third-order valence-corrected chi connectivity index (χ3v) is 6.62. The van der Waals surface area contributed by atoms with Gasteiger partial charge in [-0.3, -0.25) is 14.7 Å². The van der Waals surface area contributed by atoms with Crippen LogP contribution >= 0.6 is 0 Å². The Kier molecular flexibility index (Phi) is 6.70. The van der Waals surface area contributed by atoms with E-state index >= 15 is 0 Å². The summed E-state index contributed by atoms with van der Waals surface area (Å²) in [6, 6.07) is 10.8.